The summed E-state index contributed by atoms with van der Waals surface area (Å²) in [6.45, 7) is 2.48. The Labute approximate surface area is 116 Å². The first kappa shape index (κ1) is 12.8. The Morgan fingerprint density at radius 2 is 2.40 bits per heavy atom. The van der Waals surface area contributed by atoms with Crippen molar-refractivity contribution >= 4 is 11.5 Å². The molecule has 7 heteroatoms. The number of hydrogen-bond donors (Lipinski definition) is 1. The first-order chi connectivity index (χ1) is 9.70. The van der Waals surface area contributed by atoms with Crippen LogP contribution in [0.3, 0.4) is 0 Å². The molecular formula is C13H15N5O2. The van der Waals surface area contributed by atoms with E-state index in [1.165, 1.54) is 12.3 Å². The molecule has 0 radical (unpaired) electrons. The molecule has 0 amide bonds. The molecule has 20 heavy (non-hydrogen) atoms. The van der Waals surface area contributed by atoms with Gasteiger partial charge in [-0.1, -0.05) is 0 Å². The van der Waals surface area contributed by atoms with E-state index >= 15 is 0 Å². The molecule has 3 heterocycles. The van der Waals surface area contributed by atoms with Crippen molar-refractivity contribution < 1.29 is 4.92 Å². The minimum absolute atomic E-state index is 0.0721. The second-order valence-corrected chi connectivity index (χ2v) is 5.27. The molecule has 2 saturated heterocycles. The van der Waals surface area contributed by atoms with Crippen molar-refractivity contribution in [1.29, 1.82) is 5.26 Å². The minimum Gasteiger partial charge on any atom is -0.349 e. The fourth-order valence-corrected chi connectivity index (χ4v) is 3.16. The zero-order valence-electron chi connectivity index (χ0n) is 11.0. The number of hydrogen-bond acceptors (Lipinski definition) is 6. The predicted octanol–water partition coefficient (Wildman–Crippen LogP) is 1.05. The molecule has 104 valence electrons. The van der Waals surface area contributed by atoms with Gasteiger partial charge in [0.05, 0.1) is 4.92 Å². The molecule has 0 aromatic carbocycles. The van der Waals surface area contributed by atoms with Crippen LogP contribution in [0.15, 0.2) is 12.3 Å². The molecule has 3 rings (SSSR count). The molecule has 1 aromatic rings. The van der Waals surface area contributed by atoms with E-state index in [-0.39, 0.29) is 11.3 Å². The van der Waals surface area contributed by atoms with E-state index in [1.807, 2.05) is 11.0 Å². The average molecular weight is 273 g/mol. The Morgan fingerprint density at radius 1 is 1.55 bits per heavy atom. The smallest absolute Gasteiger partial charge is 0.329 e. The first-order valence-electron chi connectivity index (χ1n) is 6.72. The molecule has 7 nitrogen and oxygen atoms in total. The number of pyridine rings is 1. The Kier molecular flexibility index (Phi) is 3.24. The van der Waals surface area contributed by atoms with Crippen molar-refractivity contribution in [2.75, 3.05) is 24.5 Å². The highest BCUT2D eigenvalue weighted by atomic mass is 16.6. The highest BCUT2D eigenvalue weighted by molar-refractivity contribution is 5.66. The van der Waals surface area contributed by atoms with Crippen LogP contribution in [0.25, 0.3) is 0 Å². The van der Waals surface area contributed by atoms with Crippen molar-refractivity contribution in [2.45, 2.75) is 18.9 Å². The van der Waals surface area contributed by atoms with Gasteiger partial charge in [0.1, 0.15) is 11.6 Å². The quantitative estimate of drug-likeness (QED) is 0.639. The van der Waals surface area contributed by atoms with Gasteiger partial charge in [-0.05, 0) is 31.4 Å². The molecule has 2 atom stereocenters. The largest absolute Gasteiger partial charge is 0.349 e. The maximum atomic E-state index is 11.2. The molecule has 1 N–H and O–H groups in total. The lowest BCUT2D eigenvalue weighted by Crippen LogP contribution is -2.40. The predicted molar refractivity (Wildman–Crippen MR) is 72.3 cm³/mol. The topological polar surface area (TPSA) is 95.1 Å². The van der Waals surface area contributed by atoms with Crippen molar-refractivity contribution in [2.24, 2.45) is 5.92 Å². The summed E-state index contributed by atoms with van der Waals surface area (Å²) in [5, 5.41) is 23.7. The Hall–Kier alpha value is -2.20. The van der Waals surface area contributed by atoms with Crippen LogP contribution in [0.2, 0.25) is 0 Å². The maximum absolute atomic E-state index is 11.2. The van der Waals surface area contributed by atoms with E-state index in [1.54, 1.807) is 0 Å². The van der Waals surface area contributed by atoms with Gasteiger partial charge in [0.25, 0.3) is 0 Å². The van der Waals surface area contributed by atoms with Crippen LogP contribution in [0.4, 0.5) is 11.5 Å². The van der Waals surface area contributed by atoms with Gasteiger partial charge in [-0.3, -0.25) is 10.1 Å². The Morgan fingerprint density at radius 3 is 3.10 bits per heavy atom. The number of aromatic nitrogens is 1. The van der Waals surface area contributed by atoms with Crippen molar-refractivity contribution in [3.05, 3.63) is 27.9 Å². The zero-order chi connectivity index (χ0) is 14.1. The van der Waals surface area contributed by atoms with Crippen LogP contribution in [0.1, 0.15) is 18.4 Å². The second kappa shape index (κ2) is 5.06. The average Bonchev–Trinajstić information content (AvgIpc) is 2.90. The van der Waals surface area contributed by atoms with Gasteiger partial charge in [0.2, 0.25) is 5.82 Å². The van der Waals surface area contributed by atoms with Gasteiger partial charge in [-0.15, -0.1) is 0 Å². The Bertz CT molecular complexity index is 569. The summed E-state index contributed by atoms with van der Waals surface area (Å²) in [7, 11) is 0. The van der Waals surface area contributed by atoms with Crippen molar-refractivity contribution in [1.82, 2.24) is 10.3 Å². The number of piperidine rings is 1. The van der Waals surface area contributed by atoms with Gasteiger partial charge >= 0.3 is 5.69 Å². The third-order valence-corrected chi connectivity index (χ3v) is 4.11. The standard InChI is InChI=1S/C13H15N5O2/c14-6-9-3-5-16-13(12(9)18(19)20)17-7-10-2-1-4-15-11(10)8-17/h3,5,10-11,15H,1-2,4,7-8H2/t10-,11+/m0/s1. The highest BCUT2D eigenvalue weighted by Gasteiger charge is 2.37. The van der Waals surface area contributed by atoms with Gasteiger partial charge in [-0.25, -0.2) is 4.98 Å². The first-order valence-corrected chi connectivity index (χ1v) is 6.72. The Balaban J connectivity index is 1.95. The van der Waals surface area contributed by atoms with E-state index in [2.05, 4.69) is 10.3 Å². The van der Waals surface area contributed by atoms with Crippen LogP contribution in [0, 0.1) is 27.4 Å². The van der Waals surface area contributed by atoms with E-state index < -0.39 is 4.92 Å². The number of nitrogens with one attached hydrogen (secondary N) is 1. The SMILES string of the molecule is N#Cc1ccnc(N2C[C@@H]3CCCN[C@@H]3C2)c1[N+](=O)[O-]. The third-order valence-electron chi connectivity index (χ3n) is 4.11. The van der Waals surface area contributed by atoms with Gasteiger partial charge in [0.15, 0.2) is 0 Å². The monoisotopic (exact) mass is 273 g/mol. The molecule has 2 aliphatic rings. The fourth-order valence-electron chi connectivity index (χ4n) is 3.16. The summed E-state index contributed by atoms with van der Waals surface area (Å²) < 4.78 is 0. The molecule has 0 unspecified atom stereocenters. The molecular weight excluding hydrogens is 258 g/mol. The van der Waals surface area contributed by atoms with Crippen LogP contribution < -0.4 is 10.2 Å². The third kappa shape index (κ3) is 2.08. The van der Waals surface area contributed by atoms with Crippen molar-refractivity contribution in [3.8, 4) is 6.07 Å². The van der Waals surface area contributed by atoms with Crippen LogP contribution in [0.5, 0.6) is 0 Å². The second-order valence-electron chi connectivity index (χ2n) is 5.27. The fraction of sp³-hybridized carbons (Fsp3) is 0.538. The van der Waals surface area contributed by atoms with Gasteiger partial charge in [-0.2, -0.15) is 5.26 Å². The molecule has 0 aliphatic carbocycles. The van der Waals surface area contributed by atoms with Gasteiger partial charge in [0, 0.05) is 25.3 Å². The van der Waals surface area contributed by atoms with E-state index in [9.17, 15) is 10.1 Å². The summed E-state index contributed by atoms with van der Waals surface area (Å²) in [5.74, 6) is 0.834. The van der Waals surface area contributed by atoms with E-state index in [0.717, 1.165) is 25.9 Å². The molecule has 0 saturated carbocycles. The summed E-state index contributed by atoms with van der Waals surface area (Å²) in [6, 6.07) is 3.64. The molecule has 2 fully saturated rings. The van der Waals surface area contributed by atoms with Crippen LogP contribution in [-0.2, 0) is 0 Å². The number of nitro groups is 1. The van der Waals surface area contributed by atoms with Crippen LogP contribution in [-0.4, -0.2) is 35.6 Å². The highest BCUT2D eigenvalue weighted by Crippen LogP contribution is 2.34. The number of rotatable bonds is 2. The normalized spacial score (nSPS) is 25.1. The summed E-state index contributed by atoms with van der Waals surface area (Å²) in [4.78, 5) is 16.8. The number of anilines is 1. The molecule has 2 aliphatic heterocycles. The summed E-state index contributed by atoms with van der Waals surface area (Å²) >= 11 is 0. The lowest BCUT2D eigenvalue weighted by atomic mass is 9.94. The molecule has 0 spiro atoms. The van der Waals surface area contributed by atoms with Gasteiger partial charge < -0.3 is 10.2 Å². The van der Waals surface area contributed by atoms with E-state index in [0.29, 0.717) is 24.3 Å². The van der Waals surface area contributed by atoms with Crippen LogP contribution >= 0.6 is 0 Å². The lowest BCUT2D eigenvalue weighted by molar-refractivity contribution is -0.384. The molecule has 1 aromatic heterocycles. The lowest BCUT2D eigenvalue weighted by Gasteiger charge is -2.24. The van der Waals surface area contributed by atoms with Crippen molar-refractivity contribution in [3.63, 3.8) is 0 Å². The summed E-state index contributed by atoms with van der Waals surface area (Å²) in [5.41, 5.74) is -0.100. The van der Waals surface area contributed by atoms with E-state index in [4.69, 9.17) is 5.26 Å². The number of nitriles is 1. The molecule has 0 bridgehead atoms. The summed E-state index contributed by atoms with van der Waals surface area (Å²) in [6.07, 6.45) is 3.75. The number of nitrogens with zero attached hydrogens (tertiary/aromatic N) is 4. The minimum atomic E-state index is -0.504. The zero-order valence-corrected chi connectivity index (χ0v) is 11.0. The number of fused-ring (bicyclic) bond motifs is 1. The maximum Gasteiger partial charge on any atom is 0.329 e.